The Balaban J connectivity index is 2.11. The van der Waals surface area contributed by atoms with E-state index in [2.05, 4.69) is 10.1 Å². The van der Waals surface area contributed by atoms with Crippen LogP contribution in [0.3, 0.4) is 0 Å². The van der Waals surface area contributed by atoms with Crippen LogP contribution in [-0.2, 0) is 22.4 Å². The van der Waals surface area contributed by atoms with Gasteiger partial charge < -0.3 is 15.2 Å². The second-order valence-corrected chi connectivity index (χ2v) is 4.39. The number of carbonyl (C=O) groups excluding carboxylic acids is 1. The molecule has 1 aromatic rings. The maximum Gasteiger partial charge on any atom is 0.407 e. The minimum atomic E-state index is -1.03. The normalized spacial score (nSPS) is 15.8. The molecule has 0 bridgehead atoms. The molecule has 0 unspecified atom stereocenters. The molecule has 0 fully saturated rings. The second-order valence-electron chi connectivity index (χ2n) is 4.39. The van der Waals surface area contributed by atoms with E-state index in [1.54, 1.807) is 0 Å². The molecule has 0 saturated carbocycles. The Labute approximate surface area is 105 Å². The fourth-order valence-corrected chi connectivity index (χ4v) is 2.40. The summed E-state index contributed by atoms with van der Waals surface area (Å²) in [5.74, 6) is -1.16. The van der Waals surface area contributed by atoms with E-state index in [4.69, 9.17) is 0 Å². The number of methoxy groups -OCH3 is 1. The van der Waals surface area contributed by atoms with Gasteiger partial charge in [-0.05, 0) is 29.9 Å². The van der Waals surface area contributed by atoms with Gasteiger partial charge in [0.05, 0.1) is 7.11 Å². The smallest absolute Gasteiger partial charge is 0.407 e. The van der Waals surface area contributed by atoms with Crippen LogP contribution in [0.5, 0.6) is 0 Å². The third-order valence-corrected chi connectivity index (χ3v) is 3.28. The van der Waals surface area contributed by atoms with Crippen molar-refractivity contribution in [3.63, 3.8) is 0 Å². The Morgan fingerprint density at radius 1 is 1.33 bits per heavy atom. The van der Waals surface area contributed by atoms with Crippen molar-refractivity contribution >= 4 is 12.1 Å². The first kappa shape index (κ1) is 12.4. The largest absolute Gasteiger partial charge is 0.480 e. The van der Waals surface area contributed by atoms with Crippen molar-refractivity contribution in [2.45, 2.75) is 18.9 Å². The lowest BCUT2D eigenvalue weighted by Crippen LogP contribution is -2.46. The van der Waals surface area contributed by atoms with Crippen LogP contribution in [-0.4, -0.2) is 30.3 Å². The van der Waals surface area contributed by atoms with Gasteiger partial charge in [0.15, 0.2) is 0 Å². The summed E-state index contributed by atoms with van der Waals surface area (Å²) < 4.78 is 4.45. The van der Waals surface area contributed by atoms with Crippen LogP contribution in [0, 0.1) is 5.92 Å². The maximum absolute atomic E-state index is 11.2. The molecule has 1 aliphatic carbocycles. The summed E-state index contributed by atoms with van der Waals surface area (Å²) in [6.45, 7) is 0. The first-order chi connectivity index (χ1) is 8.61. The predicted octanol–water partition coefficient (Wildman–Crippen LogP) is 1.21. The van der Waals surface area contributed by atoms with Crippen molar-refractivity contribution in [2.24, 2.45) is 5.92 Å². The van der Waals surface area contributed by atoms with Crippen LogP contribution >= 0.6 is 0 Å². The third kappa shape index (κ3) is 2.45. The van der Waals surface area contributed by atoms with E-state index in [1.807, 2.05) is 24.3 Å². The molecule has 0 aliphatic heterocycles. The van der Waals surface area contributed by atoms with Gasteiger partial charge in [-0.2, -0.15) is 0 Å². The Kier molecular flexibility index (Phi) is 3.50. The van der Waals surface area contributed by atoms with Crippen LogP contribution < -0.4 is 5.32 Å². The van der Waals surface area contributed by atoms with Crippen molar-refractivity contribution in [1.82, 2.24) is 5.32 Å². The molecule has 5 heteroatoms. The summed E-state index contributed by atoms with van der Waals surface area (Å²) in [5, 5.41) is 11.6. The SMILES string of the molecule is COC(=O)N[C@H](C(=O)O)C1Cc2ccccc2C1. The molecular formula is C13H15NO4. The minimum absolute atomic E-state index is 0.126. The number of hydrogen-bond donors (Lipinski definition) is 2. The average Bonchev–Trinajstić information content (AvgIpc) is 2.78. The molecule has 0 radical (unpaired) electrons. The van der Waals surface area contributed by atoms with Crippen molar-refractivity contribution in [3.8, 4) is 0 Å². The lowest BCUT2D eigenvalue weighted by Gasteiger charge is -2.19. The van der Waals surface area contributed by atoms with E-state index < -0.39 is 18.1 Å². The van der Waals surface area contributed by atoms with Gasteiger partial charge in [0.25, 0.3) is 0 Å². The molecule has 18 heavy (non-hydrogen) atoms. The van der Waals surface area contributed by atoms with Crippen molar-refractivity contribution in [2.75, 3.05) is 7.11 Å². The van der Waals surface area contributed by atoms with Gasteiger partial charge in [-0.1, -0.05) is 24.3 Å². The highest BCUT2D eigenvalue weighted by molar-refractivity contribution is 5.80. The molecule has 0 heterocycles. The van der Waals surface area contributed by atoms with E-state index >= 15 is 0 Å². The molecule has 1 amide bonds. The zero-order valence-electron chi connectivity index (χ0n) is 10.1. The zero-order chi connectivity index (χ0) is 13.1. The fraction of sp³-hybridized carbons (Fsp3) is 0.385. The first-order valence-corrected chi connectivity index (χ1v) is 5.76. The number of hydrogen-bond acceptors (Lipinski definition) is 3. The summed E-state index contributed by atoms with van der Waals surface area (Å²) >= 11 is 0. The molecule has 0 spiro atoms. The highest BCUT2D eigenvalue weighted by atomic mass is 16.5. The van der Waals surface area contributed by atoms with Crippen molar-refractivity contribution < 1.29 is 19.4 Å². The summed E-state index contributed by atoms with van der Waals surface area (Å²) in [6.07, 6.45) is 0.618. The summed E-state index contributed by atoms with van der Waals surface area (Å²) in [6, 6.07) is 6.94. The fourth-order valence-electron chi connectivity index (χ4n) is 2.40. The molecule has 2 N–H and O–H groups in total. The number of carboxylic acid groups (broad SMARTS) is 1. The van der Waals surface area contributed by atoms with Crippen LogP contribution in [0.2, 0.25) is 0 Å². The zero-order valence-corrected chi connectivity index (χ0v) is 10.1. The average molecular weight is 249 g/mol. The molecular weight excluding hydrogens is 234 g/mol. The molecule has 0 saturated heterocycles. The Morgan fingerprint density at radius 2 is 1.89 bits per heavy atom. The number of carbonyl (C=O) groups is 2. The summed E-state index contributed by atoms with van der Waals surface area (Å²) in [4.78, 5) is 22.4. The number of amides is 1. The molecule has 0 aromatic heterocycles. The van der Waals surface area contributed by atoms with Gasteiger partial charge in [0.2, 0.25) is 0 Å². The highest BCUT2D eigenvalue weighted by Crippen LogP contribution is 2.28. The van der Waals surface area contributed by atoms with Gasteiger partial charge in [-0.15, -0.1) is 0 Å². The van der Waals surface area contributed by atoms with Gasteiger partial charge in [-0.25, -0.2) is 9.59 Å². The number of rotatable bonds is 3. The van der Waals surface area contributed by atoms with E-state index in [0.717, 1.165) is 11.1 Å². The van der Waals surface area contributed by atoms with E-state index in [1.165, 1.54) is 7.11 Å². The van der Waals surface area contributed by atoms with Crippen LogP contribution in [0.4, 0.5) is 4.79 Å². The molecule has 96 valence electrons. The monoisotopic (exact) mass is 249 g/mol. The Bertz CT molecular complexity index is 447. The van der Waals surface area contributed by atoms with Gasteiger partial charge in [-0.3, -0.25) is 0 Å². The van der Waals surface area contributed by atoms with E-state index in [-0.39, 0.29) is 5.92 Å². The molecule has 1 aliphatic rings. The van der Waals surface area contributed by atoms with Gasteiger partial charge in [0, 0.05) is 0 Å². The number of ether oxygens (including phenoxy) is 1. The van der Waals surface area contributed by atoms with Crippen molar-refractivity contribution in [1.29, 1.82) is 0 Å². The molecule has 2 rings (SSSR count). The summed E-state index contributed by atoms with van der Waals surface area (Å²) in [7, 11) is 1.22. The highest BCUT2D eigenvalue weighted by Gasteiger charge is 2.34. The van der Waals surface area contributed by atoms with E-state index in [0.29, 0.717) is 12.8 Å². The summed E-state index contributed by atoms with van der Waals surface area (Å²) in [5.41, 5.74) is 2.31. The minimum Gasteiger partial charge on any atom is -0.480 e. The van der Waals surface area contributed by atoms with Gasteiger partial charge >= 0.3 is 12.1 Å². The lowest BCUT2D eigenvalue weighted by molar-refractivity contribution is -0.140. The second kappa shape index (κ2) is 5.08. The van der Waals surface area contributed by atoms with Crippen LogP contribution in [0.15, 0.2) is 24.3 Å². The predicted molar refractivity (Wildman–Crippen MR) is 64.3 cm³/mol. The Hall–Kier alpha value is -2.04. The first-order valence-electron chi connectivity index (χ1n) is 5.76. The number of alkyl carbamates (subject to hydrolysis) is 1. The Morgan fingerprint density at radius 3 is 2.33 bits per heavy atom. The van der Waals surface area contributed by atoms with Gasteiger partial charge in [0.1, 0.15) is 6.04 Å². The standard InChI is InChI=1S/C13H15NO4/c1-18-13(17)14-11(12(15)16)10-6-8-4-2-3-5-9(8)7-10/h2-5,10-11H,6-7H2,1H3,(H,14,17)(H,15,16)/t11-/m0/s1. The number of carboxylic acids is 1. The topological polar surface area (TPSA) is 75.6 Å². The van der Waals surface area contributed by atoms with Crippen molar-refractivity contribution in [3.05, 3.63) is 35.4 Å². The van der Waals surface area contributed by atoms with Crippen LogP contribution in [0.25, 0.3) is 0 Å². The van der Waals surface area contributed by atoms with Crippen LogP contribution in [0.1, 0.15) is 11.1 Å². The molecule has 1 aromatic carbocycles. The maximum atomic E-state index is 11.2. The number of fused-ring (bicyclic) bond motifs is 1. The lowest BCUT2D eigenvalue weighted by atomic mass is 9.97. The number of benzene rings is 1. The number of nitrogens with one attached hydrogen (secondary N) is 1. The molecule has 1 atom stereocenters. The third-order valence-electron chi connectivity index (χ3n) is 3.28. The quantitative estimate of drug-likeness (QED) is 0.844. The number of aliphatic carboxylic acids is 1. The van der Waals surface area contributed by atoms with E-state index in [9.17, 15) is 14.7 Å². The molecule has 5 nitrogen and oxygen atoms in total.